The predicted molar refractivity (Wildman–Crippen MR) is 63.2 cm³/mol. The number of piperazine rings is 1. The normalized spacial score (nSPS) is 19.4. The molecule has 94 valence electrons. The summed E-state index contributed by atoms with van der Waals surface area (Å²) in [6, 6.07) is 0. The molecule has 1 aliphatic heterocycles. The maximum atomic E-state index is 11.8. The van der Waals surface area contributed by atoms with Crippen molar-refractivity contribution in [2.24, 2.45) is 0 Å². The third-order valence-electron chi connectivity index (χ3n) is 2.88. The van der Waals surface area contributed by atoms with Crippen LogP contribution in [-0.4, -0.2) is 73.2 Å². The Balaban J connectivity index is 2.22. The fourth-order valence-electron chi connectivity index (χ4n) is 1.69. The molecule has 1 saturated heterocycles. The van der Waals surface area contributed by atoms with Crippen LogP contribution < -0.4 is 5.32 Å². The smallest absolute Gasteiger partial charge is 0.236 e. The Labute approximate surface area is 97.4 Å². The molecule has 1 unspecified atom stereocenters. The lowest BCUT2D eigenvalue weighted by molar-refractivity contribution is -0.131. The first-order chi connectivity index (χ1) is 7.59. The van der Waals surface area contributed by atoms with Crippen LogP contribution in [-0.2, 0) is 4.79 Å². The van der Waals surface area contributed by atoms with Gasteiger partial charge in [-0.2, -0.15) is 0 Å². The molecule has 1 atom stereocenters. The van der Waals surface area contributed by atoms with E-state index < -0.39 is 0 Å². The maximum absolute atomic E-state index is 11.8. The van der Waals surface area contributed by atoms with E-state index in [1.165, 1.54) is 0 Å². The van der Waals surface area contributed by atoms with Crippen LogP contribution in [0.3, 0.4) is 0 Å². The first-order valence-corrected chi connectivity index (χ1v) is 5.94. The average Bonchev–Trinajstić information content (AvgIpc) is 2.27. The Kier molecular flexibility index (Phi) is 5.73. The van der Waals surface area contributed by atoms with E-state index >= 15 is 0 Å². The molecule has 0 aromatic carbocycles. The Morgan fingerprint density at radius 1 is 1.50 bits per heavy atom. The molecule has 0 spiro atoms. The number of likely N-dealkylation sites (N-methyl/N-ethyl adjacent to an activating group) is 1. The molecule has 0 aliphatic carbocycles. The molecule has 5 nitrogen and oxygen atoms in total. The van der Waals surface area contributed by atoms with Gasteiger partial charge < -0.3 is 15.3 Å². The second kappa shape index (κ2) is 6.83. The third kappa shape index (κ3) is 4.92. The first kappa shape index (κ1) is 13.4. The molecule has 1 rings (SSSR count). The monoisotopic (exact) mass is 229 g/mol. The van der Waals surface area contributed by atoms with E-state index in [1.54, 1.807) is 18.9 Å². The van der Waals surface area contributed by atoms with Crippen molar-refractivity contribution < 1.29 is 9.90 Å². The molecular weight excluding hydrogens is 206 g/mol. The summed E-state index contributed by atoms with van der Waals surface area (Å²) in [6.45, 7) is 6.68. The van der Waals surface area contributed by atoms with Crippen molar-refractivity contribution in [1.29, 1.82) is 0 Å². The summed E-state index contributed by atoms with van der Waals surface area (Å²) in [5.74, 6) is 0.141. The molecule has 0 aromatic rings. The zero-order chi connectivity index (χ0) is 12.0. The van der Waals surface area contributed by atoms with Gasteiger partial charge in [0.2, 0.25) is 5.91 Å². The van der Waals surface area contributed by atoms with E-state index in [1.807, 2.05) is 0 Å². The minimum Gasteiger partial charge on any atom is -0.393 e. The quantitative estimate of drug-likeness (QED) is 0.643. The number of aliphatic hydroxyl groups is 1. The van der Waals surface area contributed by atoms with Gasteiger partial charge in [-0.15, -0.1) is 0 Å². The van der Waals surface area contributed by atoms with Gasteiger partial charge in [0, 0.05) is 39.8 Å². The molecule has 1 aliphatic rings. The van der Waals surface area contributed by atoms with Gasteiger partial charge in [0.1, 0.15) is 0 Å². The number of aliphatic hydroxyl groups excluding tert-OH is 1. The number of carbonyl (C=O) groups is 1. The zero-order valence-corrected chi connectivity index (χ0v) is 10.3. The van der Waals surface area contributed by atoms with Crippen LogP contribution in [0.4, 0.5) is 0 Å². The van der Waals surface area contributed by atoms with Crippen LogP contribution in [0.1, 0.15) is 13.3 Å². The highest BCUT2D eigenvalue weighted by atomic mass is 16.3. The van der Waals surface area contributed by atoms with Gasteiger partial charge >= 0.3 is 0 Å². The van der Waals surface area contributed by atoms with Crippen molar-refractivity contribution in [3.05, 3.63) is 0 Å². The Morgan fingerprint density at radius 3 is 2.69 bits per heavy atom. The molecule has 0 saturated carbocycles. The number of hydrogen-bond donors (Lipinski definition) is 2. The highest BCUT2D eigenvalue weighted by molar-refractivity contribution is 5.77. The Hall–Kier alpha value is -0.650. The van der Waals surface area contributed by atoms with Crippen LogP contribution in [0.2, 0.25) is 0 Å². The standard InChI is InChI=1S/C11H23N3O2/c1-10(15)3-6-13(2)11(16)9-14-7-4-12-5-8-14/h10,12,15H,3-9H2,1-2H3. The Morgan fingerprint density at radius 2 is 2.12 bits per heavy atom. The fourth-order valence-corrected chi connectivity index (χ4v) is 1.69. The summed E-state index contributed by atoms with van der Waals surface area (Å²) in [7, 11) is 1.80. The van der Waals surface area contributed by atoms with Crippen molar-refractivity contribution in [3.63, 3.8) is 0 Å². The van der Waals surface area contributed by atoms with Gasteiger partial charge in [0.05, 0.1) is 12.6 Å². The third-order valence-corrected chi connectivity index (χ3v) is 2.88. The molecular formula is C11H23N3O2. The van der Waals surface area contributed by atoms with Crippen LogP contribution in [0.5, 0.6) is 0 Å². The second-order valence-electron chi connectivity index (χ2n) is 4.48. The summed E-state index contributed by atoms with van der Waals surface area (Å²) < 4.78 is 0. The van der Waals surface area contributed by atoms with Gasteiger partial charge in [0.15, 0.2) is 0 Å². The van der Waals surface area contributed by atoms with Crippen LogP contribution >= 0.6 is 0 Å². The number of nitrogens with zero attached hydrogens (tertiary/aromatic N) is 2. The van der Waals surface area contributed by atoms with Crippen LogP contribution in [0.15, 0.2) is 0 Å². The lowest BCUT2D eigenvalue weighted by Gasteiger charge is -2.28. The highest BCUT2D eigenvalue weighted by Gasteiger charge is 2.16. The van der Waals surface area contributed by atoms with Gasteiger partial charge in [-0.25, -0.2) is 0 Å². The number of rotatable bonds is 5. The van der Waals surface area contributed by atoms with Gasteiger partial charge in [-0.3, -0.25) is 9.69 Å². The molecule has 0 bridgehead atoms. The van der Waals surface area contributed by atoms with Crippen molar-refractivity contribution in [2.75, 3.05) is 46.3 Å². The lowest BCUT2D eigenvalue weighted by atomic mass is 10.2. The summed E-state index contributed by atoms with van der Waals surface area (Å²) in [6.07, 6.45) is 0.304. The first-order valence-electron chi connectivity index (χ1n) is 5.94. The number of nitrogens with one attached hydrogen (secondary N) is 1. The average molecular weight is 229 g/mol. The fraction of sp³-hybridized carbons (Fsp3) is 0.909. The molecule has 2 N–H and O–H groups in total. The van der Waals surface area contributed by atoms with Crippen LogP contribution in [0.25, 0.3) is 0 Å². The van der Waals surface area contributed by atoms with E-state index in [9.17, 15) is 4.79 Å². The van der Waals surface area contributed by atoms with E-state index in [-0.39, 0.29) is 12.0 Å². The van der Waals surface area contributed by atoms with Crippen molar-refractivity contribution in [1.82, 2.24) is 15.1 Å². The van der Waals surface area contributed by atoms with E-state index in [4.69, 9.17) is 5.11 Å². The predicted octanol–water partition coefficient (Wildman–Crippen LogP) is -0.879. The molecule has 16 heavy (non-hydrogen) atoms. The Bertz CT molecular complexity index is 215. The van der Waals surface area contributed by atoms with Crippen molar-refractivity contribution in [3.8, 4) is 0 Å². The minimum absolute atomic E-state index is 0.141. The molecule has 0 radical (unpaired) electrons. The van der Waals surface area contributed by atoms with Gasteiger partial charge in [0.25, 0.3) is 0 Å². The number of hydrogen-bond acceptors (Lipinski definition) is 4. The topological polar surface area (TPSA) is 55.8 Å². The van der Waals surface area contributed by atoms with E-state index in [0.717, 1.165) is 26.2 Å². The molecule has 1 fully saturated rings. The van der Waals surface area contributed by atoms with Crippen molar-refractivity contribution in [2.45, 2.75) is 19.4 Å². The molecule has 1 heterocycles. The zero-order valence-electron chi connectivity index (χ0n) is 10.3. The highest BCUT2D eigenvalue weighted by Crippen LogP contribution is 1.97. The molecule has 5 heteroatoms. The maximum Gasteiger partial charge on any atom is 0.236 e. The summed E-state index contributed by atoms with van der Waals surface area (Å²) in [4.78, 5) is 15.7. The molecule has 0 aromatic heterocycles. The lowest BCUT2D eigenvalue weighted by Crippen LogP contribution is -2.48. The second-order valence-corrected chi connectivity index (χ2v) is 4.48. The largest absolute Gasteiger partial charge is 0.393 e. The minimum atomic E-state index is -0.338. The molecule has 1 amide bonds. The van der Waals surface area contributed by atoms with Crippen LogP contribution in [0, 0.1) is 0 Å². The van der Waals surface area contributed by atoms with E-state index in [2.05, 4.69) is 10.2 Å². The summed E-state index contributed by atoms with van der Waals surface area (Å²) >= 11 is 0. The number of amides is 1. The number of carbonyl (C=O) groups excluding carboxylic acids is 1. The van der Waals surface area contributed by atoms with E-state index in [0.29, 0.717) is 19.5 Å². The van der Waals surface area contributed by atoms with Gasteiger partial charge in [-0.05, 0) is 13.3 Å². The van der Waals surface area contributed by atoms with Crippen molar-refractivity contribution >= 4 is 5.91 Å². The summed E-state index contributed by atoms with van der Waals surface area (Å²) in [5.41, 5.74) is 0. The SMILES string of the molecule is CC(O)CCN(C)C(=O)CN1CCNCC1. The van der Waals surface area contributed by atoms with Gasteiger partial charge in [-0.1, -0.05) is 0 Å². The summed E-state index contributed by atoms with van der Waals surface area (Å²) in [5, 5.41) is 12.4.